The summed E-state index contributed by atoms with van der Waals surface area (Å²) in [5.41, 5.74) is 7.29. The first-order valence-corrected chi connectivity index (χ1v) is 10.7. The Hall–Kier alpha value is -1.00. The minimum absolute atomic E-state index is 0.0758. The molecule has 25 heavy (non-hydrogen) atoms. The average Bonchev–Trinajstić information content (AvgIpc) is 3.09. The summed E-state index contributed by atoms with van der Waals surface area (Å²) in [6, 6.07) is 7.79. The second kappa shape index (κ2) is 9.09. The molecule has 2 atom stereocenters. The number of amides is 1. The van der Waals surface area contributed by atoms with Gasteiger partial charge in [-0.25, -0.2) is 23.6 Å². The Labute approximate surface area is 157 Å². The smallest absolute Gasteiger partial charge is 0.238 e. The zero-order chi connectivity index (χ0) is 18.4. The lowest BCUT2D eigenvalue weighted by Gasteiger charge is -2.16. The van der Waals surface area contributed by atoms with Gasteiger partial charge in [0.1, 0.15) is 6.04 Å². The second-order valence-corrected chi connectivity index (χ2v) is 9.33. The summed E-state index contributed by atoms with van der Waals surface area (Å²) in [5, 5.41) is 2.86. The minimum Gasteiger partial charge on any atom is -0.355 e. The molecule has 0 radical (unpaired) electrons. The first-order chi connectivity index (χ1) is 11.8. The van der Waals surface area contributed by atoms with Crippen LogP contribution in [0.15, 0.2) is 28.7 Å². The molecule has 1 amide bonds. The highest BCUT2D eigenvalue weighted by Crippen LogP contribution is 2.23. The van der Waals surface area contributed by atoms with E-state index in [0.29, 0.717) is 25.9 Å². The van der Waals surface area contributed by atoms with Crippen LogP contribution in [0.1, 0.15) is 31.4 Å². The van der Waals surface area contributed by atoms with E-state index in [1.807, 2.05) is 24.3 Å². The number of carbonyl (C=O) groups excluding carboxylic acids is 1. The molecule has 1 aromatic carbocycles. The van der Waals surface area contributed by atoms with Gasteiger partial charge in [-0.2, -0.15) is 0 Å². The third kappa shape index (κ3) is 5.75. The Kier molecular flexibility index (Phi) is 7.38. The molecule has 2 rings (SSSR count). The summed E-state index contributed by atoms with van der Waals surface area (Å²) in [6.07, 6.45) is 1.25. The van der Waals surface area contributed by atoms with Gasteiger partial charge < -0.3 is 5.32 Å². The number of nitrogens with zero attached hydrogens (tertiary/aromatic N) is 1. The molecular formula is C16H25BrN4O3S. The van der Waals surface area contributed by atoms with Crippen LogP contribution in [0.3, 0.4) is 0 Å². The lowest BCUT2D eigenvalue weighted by Crippen LogP contribution is -2.43. The number of hydrogen-bond acceptors (Lipinski definition) is 5. The molecule has 0 aliphatic carbocycles. The van der Waals surface area contributed by atoms with E-state index in [-0.39, 0.29) is 23.7 Å². The topological polar surface area (TPSA) is 90.5 Å². The number of sulfonamides is 1. The van der Waals surface area contributed by atoms with Crippen molar-refractivity contribution in [2.75, 3.05) is 25.9 Å². The van der Waals surface area contributed by atoms with Crippen molar-refractivity contribution in [3.8, 4) is 0 Å². The molecule has 3 N–H and O–H groups in total. The number of hydrogen-bond donors (Lipinski definition) is 3. The highest BCUT2D eigenvalue weighted by Gasteiger charge is 2.29. The molecule has 9 heteroatoms. The summed E-state index contributed by atoms with van der Waals surface area (Å²) in [6.45, 7) is 2.46. The molecule has 0 saturated carbocycles. The van der Waals surface area contributed by atoms with Crippen molar-refractivity contribution in [3.05, 3.63) is 34.3 Å². The molecule has 1 saturated heterocycles. The van der Waals surface area contributed by atoms with Gasteiger partial charge in [-0.15, -0.1) is 0 Å². The number of carbonyl (C=O) groups is 1. The predicted molar refractivity (Wildman–Crippen MR) is 101 cm³/mol. The van der Waals surface area contributed by atoms with E-state index in [9.17, 15) is 13.2 Å². The van der Waals surface area contributed by atoms with Crippen molar-refractivity contribution in [1.82, 2.24) is 20.5 Å². The van der Waals surface area contributed by atoms with Gasteiger partial charge in [-0.3, -0.25) is 4.79 Å². The van der Waals surface area contributed by atoms with Crippen molar-refractivity contribution in [1.29, 1.82) is 0 Å². The van der Waals surface area contributed by atoms with E-state index in [1.165, 1.54) is 4.31 Å². The van der Waals surface area contributed by atoms with Crippen LogP contribution in [0.5, 0.6) is 0 Å². The third-order valence-electron chi connectivity index (χ3n) is 4.28. The molecule has 1 heterocycles. The van der Waals surface area contributed by atoms with E-state index < -0.39 is 10.0 Å². The standard InChI is InChI=1S/C16H25BrN4O3S/c1-3-25(23,24)21(2)10-4-9-18-16(22)15-11-14(19-20-15)12-5-7-13(17)8-6-12/h5-8,14-15,19-20H,3-4,9-11H2,1-2H3,(H,18,22). The summed E-state index contributed by atoms with van der Waals surface area (Å²) in [5.74, 6) is 0.0124. The van der Waals surface area contributed by atoms with Crippen molar-refractivity contribution in [3.63, 3.8) is 0 Å². The Balaban J connectivity index is 1.72. The number of hydrazine groups is 1. The fourth-order valence-electron chi connectivity index (χ4n) is 2.64. The lowest BCUT2D eigenvalue weighted by atomic mass is 10.0. The molecule has 1 aliphatic heterocycles. The van der Waals surface area contributed by atoms with E-state index in [0.717, 1.165) is 10.0 Å². The van der Waals surface area contributed by atoms with Crippen LogP contribution < -0.4 is 16.2 Å². The third-order valence-corrected chi connectivity index (χ3v) is 6.67. The second-order valence-electron chi connectivity index (χ2n) is 6.05. The molecule has 1 fully saturated rings. The highest BCUT2D eigenvalue weighted by molar-refractivity contribution is 9.10. The maximum atomic E-state index is 12.2. The Morgan fingerprint density at radius 3 is 2.64 bits per heavy atom. The van der Waals surface area contributed by atoms with Crippen LogP contribution in [-0.4, -0.2) is 50.6 Å². The first kappa shape index (κ1) is 20.3. The fraction of sp³-hybridized carbons (Fsp3) is 0.562. The molecule has 0 bridgehead atoms. The summed E-state index contributed by atoms with van der Waals surface area (Å²) in [4.78, 5) is 12.2. The number of rotatable bonds is 8. The van der Waals surface area contributed by atoms with Gasteiger partial charge in [0.05, 0.1) is 5.75 Å². The predicted octanol–water partition coefficient (Wildman–Crippen LogP) is 1.14. The largest absolute Gasteiger partial charge is 0.355 e. The van der Waals surface area contributed by atoms with Crippen LogP contribution in [0, 0.1) is 0 Å². The van der Waals surface area contributed by atoms with Gasteiger partial charge >= 0.3 is 0 Å². The highest BCUT2D eigenvalue weighted by atomic mass is 79.9. The Bertz CT molecular complexity index is 681. The molecule has 0 aromatic heterocycles. The number of benzene rings is 1. The number of halogens is 1. The molecule has 140 valence electrons. The van der Waals surface area contributed by atoms with Gasteiger partial charge in [0.15, 0.2) is 0 Å². The zero-order valence-electron chi connectivity index (χ0n) is 14.5. The minimum atomic E-state index is -3.16. The van der Waals surface area contributed by atoms with Crippen LogP contribution in [0.2, 0.25) is 0 Å². The van der Waals surface area contributed by atoms with Crippen LogP contribution in [0.25, 0.3) is 0 Å². The van der Waals surface area contributed by atoms with Gasteiger partial charge in [-0.1, -0.05) is 28.1 Å². The van der Waals surface area contributed by atoms with E-state index in [1.54, 1.807) is 14.0 Å². The molecular weight excluding hydrogens is 408 g/mol. The molecule has 1 aliphatic rings. The summed E-state index contributed by atoms with van der Waals surface area (Å²) < 4.78 is 25.6. The maximum absolute atomic E-state index is 12.2. The number of nitrogens with one attached hydrogen (secondary N) is 3. The fourth-order valence-corrected chi connectivity index (χ4v) is 3.75. The molecule has 2 unspecified atom stereocenters. The van der Waals surface area contributed by atoms with Gasteiger partial charge in [0, 0.05) is 30.7 Å². The zero-order valence-corrected chi connectivity index (χ0v) is 16.9. The van der Waals surface area contributed by atoms with Crippen LogP contribution >= 0.6 is 15.9 Å². The van der Waals surface area contributed by atoms with Crippen molar-refractivity contribution < 1.29 is 13.2 Å². The van der Waals surface area contributed by atoms with Crippen molar-refractivity contribution in [2.24, 2.45) is 0 Å². The van der Waals surface area contributed by atoms with Gasteiger partial charge in [0.2, 0.25) is 15.9 Å². The quantitative estimate of drug-likeness (QED) is 0.535. The van der Waals surface area contributed by atoms with Crippen LogP contribution in [0.4, 0.5) is 0 Å². The van der Waals surface area contributed by atoms with Gasteiger partial charge in [-0.05, 0) is 37.5 Å². The van der Waals surface area contributed by atoms with Crippen LogP contribution in [-0.2, 0) is 14.8 Å². The first-order valence-electron chi connectivity index (χ1n) is 8.31. The Morgan fingerprint density at radius 2 is 2.00 bits per heavy atom. The monoisotopic (exact) mass is 432 g/mol. The summed E-state index contributed by atoms with van der Waals surface area (Å²) in [7, 11) is -1.60. The van der Waals surface area contributed by atoms with E-state index in [2.05, 4.69) is 32.1 Å². The molecule has 7 nitrogen and oxygen atoms in total. The normalized spacial score (nSPS) is 20.8. The van der Waals surface area contributed by atoms with Gasteiger partial charge in [0.25, 0.3) is 0 Å². The maximum Gasteiger partial charge on any atom is 0.238 e. The average molecular weight is 433 g/mol. The van der Waals surface area contributed by atoms with Crippen molar-refractivity contribution >= 4 is 31.9 Å². The lowest BCUT2D eigenvalue weighted by molar-refractivity contribution is -0.122. The van der Waals surface area contributed by atoms with Crippen molar-refractivity contribution in [2.45, 2.75) is 31.8 Å². The Morgan fingerprint density at radius 1 is 1.32 bits per heavy atom. The van der Waals surface area contributed by atoms with E-state index in [4.69, 9.17) is 0 Å². The molecule has 1 aromatic rings. The van der Waals surface area contributed by atoms with E-state index >= 15 is 0 Å². The molecule has 0 spiro atoms. The summed E-state index contributed by atoms with van der Waals surface area (Å²) >= 11 is 3.41. The SMILES string of the molecule is CCS(=O)(=O)N(C)CCCNC(=O)C1CC(c2ccc(Br)cc2)NN1.